The number of urea groups is 1. The van der Waals surface area contributed by atoms with E-state index in [-0.39, 0.29) is 18.8 Å². The Morgan fingerprint density at radius 2 is 1.61 bits per heavy atom. The number of sulfone groups is 1. The van der Waals surface area contributed by atoms with E-state index < -0.39 is 104 Å². The van der Waals surface area contributed by atoms with Gasteiger partial charge in [-0.15, -0.1) is 6.58 Å². The van der Waals surface area contributed by atoms with E-state index in [0.717, 1.165) is 19.3 Å². The molecule has 292 valence electrons. The number of halogens is 3. The number of hydrogen-bond donors (Lipinski definition) is 5. The van der Waals surface area contributed by atoms with Crippen molar-refractivity contribution in [2.45, 2.75) is 147 Å². The predicted octanol–water partition coefficient (Wildman–Crippen LogP) is 3.73. The van der Waals surface area contributed by atoms with E-state index in [1.165, 1.54) is 11.0 Å². The first-order valence-electron chi connectivity index (χ1n) is 18.0. The molecule has 0 aromatic carbocycles. The van der Waals surface area contributed by atoms with Gasteiger partial charge in [0.15, 0.2) is 15.9 Å². The van der Waals surface area contributed by atoms with Gasteiger partial charge in [-0.05, 0) is 55.3 Å². The lowest BCUT2D eigenvalue weighted by molar-refractivity contribution is -0.147. The number of hydrogen-bond acceptors (Lipinski definition) is 7. The summed E-state index contributed by atoms with van der Waals surface area (Å²) >= 11 is 0. The second-order valence-corrected chi connectivity index (χ2v) is 18.9. The highest BCUT2D eigenvalue weighted by Gasteiger charge is 2.52. The normalized spacial score (nSPS) is 25.3. The molecule has 6 atom stereocenters. The van der Waals surface area contributed by atoms with E-state index in [4.69, 9.17) is 0 Å². The Kier molecular flexibility index (Phi) is 13.7. The fourth-order valence-electron chi connectivity index (χ4n) is 7.96. The van der Waals surface area contributed by atoms with Gasteiger partial charge in [0.2, 0.25) is 11.8 Å². The molecule has 0 bridgehead atoms. The van der Waals surface area contributed by atoms with Crippen molar-refractivity contribution in [3.63, 3.8) is 0 Å². The smallest absolute Gasteiger partial charge is 0.381 e. The standard InChI is InChI=1S/C35H58F3N5O7S/c1-8-19-39-29(46)26(44)23(14-18-35(36,37)38)40-28(45)25-22(32(2,3)4)15-20-43(25)30(47)27(33(5,6)7)41-31(48)42-34(16-10-9-11-17-34)24-13-12-21-51(24,49)50/h8,22-27,44H,1,9-21H2,2-7H3,(H,39,46)(H,40,45)(H2,41,42,48)/t22?,23?,24?,25?,26?,27-/m1/s1. The number of carbonyl (C=O) groups is 4. The molecule has 3 aliphatic rings. The molecule has 12 nitrogen and oxygen atoms in total. The van der Waals surface area contributed by atoms with Crippen LogP contribution in [0.2, 0.25) is 0 Å². The van der Waals surface area contributed by atoms with Crippen LogP contribution in [0.25, 0.3) is 0 Å². The maximum atomic E-state index is 14.5. The largest absolute Gasteiger partial charge is 0.389 e. The third-order valence-corrected chi connectivity index (χ3v) is 13.1. The molecule has 3 fully saturated rings. The second kappa shape index (κ2) is 16.4. The number of alkyl halides is 3. The number of nitrogens with one attached hydrogen (secondary N) is 4. The van der Waals surface area contributed by atoms with Crippen molar-refractivity contribution >= 4 is 33.6 Å². The monoisotopic (exact) mass is 749 g/mol. The summed E-state index contributed by atoms with van der Waals surface area (Å²) in [5, 5.41) is 20.6. The van der Waals surface area contributed by atoms with Crippen molar-refractivity contribution in [3.05, 3.63) is 12.7 Å². The summed E-state index contributed by atoms with van der Waals surface area (Å²) in [5.74, 6) is -2.81. The number of likely N-dealkylation sites (tertiary alicyclic amines) is 1. The molecule has 0 aromatic heterocycles. The average molecular weight is 750 g/mol. The highest BCUT2D eigenvalue weighted by Crippen LogP contribution is 2.41. The molecule has 5 amide bonds. The Bertz CT molecular complexity index is 1390. The Balaban J connectivity index is 1.92. The van der Waals surface area contributed by atoms with Crippen molar-refractivity contribution < 1.29 is 45.9 Å². The maximum Gasteiger partial charge on any atom is 0.389 e. The Morgan fingerprint density at radius 3 is 2.12 bits per heavy atom. The number of aliphatic hydroxyl groups is 1. The maximum absolute atomic E-state index is 14.5. The highest BCUT2D eigenvalue weighted by atomic mass is 32.2. The van der Waals surface area contributed by atoms with Gasteiger partial charge in [0.25, 0.3) is 5.91 Å². The molecule has 0 spiro atoms. The van der Waals surface area contributed by atoms with Crippen molar-refractivity contribution in [2.24, 2.45) is 16.7 Å². The number of carbonyl (C=O) groups excluding carboxylic acids is 4. The van der Waals surface area contributed by atoms with E-state index in [9.17, 15) is 45.9 Å². The summed E-state index contributed by atoms with van der Waals surface area (Å²) in [7, 11) is -3.42. The van der Waals surface area contributed by atoms with Crippen LogP contribution in [0.3, 0.4) is 0 Å². The van der Waals surface area contributed by atoms with Gasteiger partial charge in [-0.2, -0.15) is 13.2 Å². The minimum Gasteiger partial charge on any atom is -0.381 e. The molecular weight excluding hydrogens is 691 g/mol. The third-order valence-electron chi connectivity index (χ3n) is 10.6. The van der Waals surface area contributed by atoms with Gasteiger partial charge in [0, 0.05) is 19.5 Å². The van der Waals surface area contributed by atoms with Crippen molar-refractivity contribution in [2.75, 3.05) is 18.8 Å². The van der Waals surface area contributed by atoms with Crippen LogP contribution in [-0.2, 0) is 24.2 Å². The second-order valence-electron chi connectivity index (χ2n) is 16.6. The molecule has 0 aromatic rings. The van der Waals surface area contributed by atoms with Crippen LogP contribution in [0.4, 0.5) is 18.0 Å². The van der Waals surface area contributed by atoms with Gasteiger partial charge in [0.1, 0.15) is 12.1 Å². The lowest BCUT2D eigenvalue weighted by Gasteiger charge is -2.43. The molecule has 2 aliphatic heterocycles. The fraction of sp³-hybridized carbons (Fsp3) is 0.829. The molecule has 5 N–H and O–H groups in total. The summed E-state index contributed by atoms with van der Waals surface area (Å²) in [6.07, 6.45) is -2.75. The molecule has 2 saturated heterocycles. The predicted molar refractivity (Wildman–Crippen MR) is 187 cm³/mol. The van der Waals surface area contributed by atoms with E-state index in [2.05, 4.69) is 27.8 Å². The number of aliphatic hydroxyl groups excluding tert-OH is 1. The lowest BCUT2D eigenvalue weighted by Crippen LogP contribution is -2.65. The first kappa shape index (κ1) is 42.5. The van der Waals surface area contributed by atoms with Gasteiger partial charge >= 0.3 is 12.2 Å². The van der Waals surface area contributed by atoms with Crippen molar-refractivity contribution in [1.29, 1.82) is 0 Å². The zero-order valence-electron chi connectivity index (χ0n) is 30.8. The van der Waals surface area contributed by atoms with Gasteiger partial charge in [0.05, 0.1) is 22.6 Å². The number of amides is 5. The zero-order valence-corrected chi connectivity index (χ0v) is 31.6. The first-order chi connectivity index (χ1) is 23.4. The topological polar surface area (TPSA) is 174 Å². The molecule has 51 heavy (non-hydrogen) atoms. The van der Waals surface area contributed by atoms with E-state index >= 15 is 0 Å². The fourth-order valence-corrected chi connectivity index (χ4v) is 10.3. The van der Waals surface area contributed by atoms with Gasteiger partial charge < -0.3 is 31.3 Å². The first-order valence-corrected chi connectivity index (χ1v) is 19.7. The summed E-state index contributed by atoms with van der Waals surface area (Å²) in [6.45, 7) is 14.4. The molecule has 16 heteroatoms. The van der Waals surface area contributed by atoms with Gasteiger partial charge in [-0.3, -0.25) is 14.4 Å². The van der Waals surface area contributed by atoms with Crippen LogP contribution in [0.15, 0.2) is 12.7 Å². The number of nitrogens with zero attached hydrogens (tertiary/aromatic N) is 1. The summed E-state index contributed by atoms with van der Waals surface area (Å²) in [4.78, 5) is 56.3. The summed E-state index contributed by atoms with van der Waals surface area (Å²) in [5.41, 5.74) is -2.41. The third kappa shape index (κ3) is 10.8. The van der Waals surface area contributed by atoms with Crippen LogP contribution in [-0.4, -0.2) is 102 Å². The minimum absolute atomic E-state index is 0.0564. The quantitative estimate of drug-likeness (QED) is 0.189. The van der Waals surface area contributed by atoms with Gasteiger partial charge in [-0.25, -0.2) is 13.2 Å². The van der Waals surface area contributed by atoms with Crippen LogP contribution in [0.5, 0.6) is 0 Å². The molecule has 1 aliphatic carbocycles. The highest BCUT2D eigenvalue weighted by molar-refractivity contribution is 7.92. The van der Waals surface area contributed by atoms with Gasteiger partial charge in [-0.1, -0.05) is 66.9 Å². The number of rotatable bonds is 12. The van der Waals surface area contributed by atoms with Crippen molar-refractivity contribution in [1.82, 2.24) is 26.2 Å². The average Bonchev–Trinajstić information content (AvgIpc) is 3.63. The lowest BCUT2D eigenvalue weighted by atomic mass is 9.75. The van der Waals surface area contributed by atoms with Crippen LogP contribution in [0, 0.1) is 16.7 Å². The van der Waals surface area contributed by atoms with E-state index in [1.807, 2.05) is 20.8 Å². The van der Waals surface area contributed by atoms with E-state index in [1.54, 1.807) is 20.8 Å². The summed E-state index contributed by atoms with van der Waals surface area (Å²) in [6, 6.07) is -4.69. The molecule has 5 unspecified atom stereocenters. The minimum atomic E-state index is -4.63. The Morgan fingerprint density at radius 1 is 0.980 bits per heavy atom. The van der Waals surface area contributed by atoms with Crippen LogP contribution >= 0.6 is 0 Å². The van der Waals surface area contributed by atoms with Crippen LogP contribution < -0.4 is 21.3 Å². The van der Waals surface area contributed by atoms with E-state index in [0.29, 0.717) is 32.1 Å². The molecule has 2 heterocycles. The van der Waals surface area contributed by atoms with Crippen LogP contribution in [0.1, 0.15) is 106 Å². The summed E-state index contributed by atoms with van der Waals surface area (Å²) < 4.78 is 65.9. The SMILES string of the molecule is C=CCNC(=O)C(O)C(CCC(F)(F)F)NC(=O)C1C(C(C)(C)C)CCN1C(=O)[C@@H](NC(=O)NC1(C2CCCS2(=O)=O)CCCCC1)C(C)(C)C. The molecule has 1 saturated carbocycles. The Hall–Kier alpha value is -2.88. The molecular formula is C35H58F3N5O7S. The zero-order chi connectivity index (χ0) is 38.6. The Labute approximate surface area is 300 Å². The van der Waals surface area contributed by atoms with Crippen molar-refractivity contribution in [3.8, 4) is 0 Å². The molecule has 3 rings (SSSR count). The molecule has 0 radical (unpaired) electrons.